The van der Waals surface area contributed by atoms with Crippen molar-refractivity contribution in [1.82, 2.24) is 9.55 Å². The molecular weight excluding hydrogens is 178 g/mol. The van der Waals surface area contributed by atoms with Gasteiger partial charge in [0.1, 0.15) is 5.37 Å². The monoisotopic (exact) mass is 189 g/mol. The van der Waals surface area contributed by atoms with E-state index < -0.39 is 15.2 Å². The first-order valence-corrected chi connectivity index (χ1v) is 4.97. The molecule has 5 nitrogen and oxygen atoms in total. The molecule has 1 aromatic heterocycles. The molecule has 0 aliphatic carbocycles. The zero-order valence-electron chi connectivity index (χ0n) is 6.93. The number of nitrogens with zero attached hydrogens (tertiary/aromatic N) is 2. The van der Waals surface area contributed by atoms with Crippen LogP contribution in [-0.2, 0) is 16.9 Å². The Kier molecular flexibility index (Phi) is 2.20. The summed E-state index contributed by atoms with van der Waals surface area (Å²) < 4.78 is 24.2. The Labute approximate surface area is 71.1 Å². The molecule has 6 heteroatoms. The summed E-state index contributed by atoms with van der Waals surface area (Å²) in [6.07, 6.45) is 2.99. The number of hydrogen-bond donors (Lipinski definition) is 1. The lowest BCUT2D eigenvalue weighted by Gasteiger charge is -2.06. The van der Waals surface area contributed by atoms with E-state index in [1.54, 1.807) is 13.2 Å². The summed E-state index contributed by atoms with van der Waals surface area (Å²) in [5, 5.41) is -0.906. The molecule has 0 spiro atoms. The Hall–Kier alpha value is -0.880. The summed E-state index contributed by atoms with van der Waals surface area (Å²) in [7, 11) is -1.82. The van der Waals surface area contributed by atoms with E-state index in [9.17, 15) is 8.42 Å². The van der Waals surface area contributed by atoms with Crippen molar-refractivity contribution in [2.45, 2.75) is 17.5 Å². The van der Waals surface area contributed by atoms with Gasteiger partial charge in [0.2, 0.25) is 15.0 Å². The predicted octanol–water partition coefficient (Wildman–Crippen LogP) is -0.501. The third kappa shape index (κ3) is 1.35. The van der Waals surface area contributed by atoms with E-state index in [0.717, 1.165) is 0 Å². The Morgan fingerprint density at radius 3 is 2.58 bits per heavy atom. The van der Waals surface area contributed by atoms with Gasteiger partial charge in [0.15, 0.2) is 0 Å². The van der Waals surface area contributed by atoms with Gasteiger partial charge in [-0.2, -0.15) is 0 Å². The van der Waals surface area contributed by atoms with Crippen molar-refractivity contribution in [2.75, 3.05) is 0 Å². The van der Waals surface area contributed by atoms with Gasteiger partial charge < -0.3 is 10.3 Å². The summed E-state index contributed by atoms with van der Waals surface area (Å²) in [6, 6.07) is 0. The number of rotatable bonds is 2. The van der Waals surface area contributed by atoms with Crippen molar-refractivity contribution in [2.24, 2.45) is 12.8 Å². The molecule has 0 aliphatic heterocycles. The van der Waals surface area contributed by atoms with E-state index in [2.05, 4.69) is 4.98 Å². The average molecular weight is 189 g/mol. The quantitative estimate of drug-likeness (QED) is 0.680. The molecule has 0 fully saturated rings. The van der Waals surface area contributed by atoms with Gasteiger partial charge in [-0.3, -0.25) is 0 Å². The van der Waals surface area contributed by atoms with Crippen molar-refractivity contribution in [3.05, 3.63) is 12.4 Å². The SMILES string of the molecule is CC(N)S(=O)(=O)c1nccn1C. The highest BCUT2D eigenvalue weighted by atomic mass is 32.2. The fraction of sp³-hybridized carbons (Fsp3) is 0.500. The van der Waals surface area contributed by atoms with E-state index in [0.29, 0.717) is 0 Å². The van der Waals surface area contributed by atoms with Gasteiger partial charge in [-0.15, -0.1) is 0 Å². The van der Waals surface area contributed by atoms with Gasteiger partial charge in [0.25, 0.3) is 0 Å². The van der Waals surface area contributed by atoms with Gasteiger partial charge in [-0.1, -0.05) is 0 Å². The van der Waals surface area contributed by atoms with Crippen LogP contribution in [0.5, 0.6) is 0 Å². The number of sulfone groups is 1. The number of aromatic nitrogens is 2. The van der Waals surface area contributed by atoms with Crippen molar-refractivity contribution in [3.63, 3.8) is 0 Å². The van der Waals surface area contributed by atoms with Crippen molar-refractivity contribution >= 4 is 9.84 Å². The molecule has 0 bridgehead atoms. The van der Waals surface area contributed by atoms with E-state index >= 15 is 0 Å². The first-order chi connectivity index (χ1) is 5.46. The van der Waals surface area contributed by atoms with E-state index in [-0.39, 0.29) is 5.16 Å². The first-order valence-electron chi connectivity index (χ1n) is 3.43. The van der Waals surface area contributed by atoms with Crippen LogP contribution in [0.1, 0.15) is 6.92 Å². The zero-order valence-corrected chi connectivity index (χ0v) is 7.75. The Balaban J connectivity index is 3.24. The molecule has 1 rings (SSSR count). The molecule has 12 heavy (non-hydrogen) atoms. The standard InChI is InChI=1S/C6H11N3O2S/c1-5(7)12(10,11)6-8-3-4-9(6)2/h3-5H,7H2,1-2H3. The van der Waals surface area contributed by atoms with Gasteiger partial charge in [0.05, 0.1) is 0 Å². The van der Waals surface area contributed by atoms with Gasteiger partial charge in [-0.25, -0.2) is 13.4 Å². The van der Waals surface area contributed by atoms with Crippen LogP contribution in [0.25, 0.3) is 0 Å². The normalized spacial score (nSPS) is 14.6. The van der Waals surface area contributed by atoms with E-state index in [1.165, 1.54) is 17.7 Å². The summed E-state index contributed by atoms with van der Waals surface area (Å²) in [6.45, 7) is 1.42. The van der Waals surface area contributed by atoms with Crippen LogP contribution < -0.4 is 5.73 Å². The lowest BCUT2D eigenvalue weighted by atomic mass is 10.8. The van der Waals surface area contributed by atoms with Crippen LogP contribution in [0.15, 0.2) is 17.6 Å². The fourth-order valence-electron chi connectivity index (χ4n) is 0.792. The minimum absolute atomic E-state index is 0.0116. The summed E-state index contributed by atoms with van der Waals surface area (Å²) in [5.41, 5.74) is 5.29. The highest BCUT2D eigenvalue weighted by Crippen LogP contribution is 2.08. The third-order valence-electron chi connectivity index (χ3n) is 1.52. The number of hydrogen-bond acceptors (Lipinski definition) is 4. The van der Waals surface area contributed by atoms with Gasteiger partial charge in [-0.05, 0) is 6.92 Å². The third-order valence-corrected chi connectivity index (χ3v) is 3.40. The average Bonchev–Trinajstić information content (AvgIpc) is 2.35. The van der Waals surface area contributed by atoms with Gasteiger partial charge in [0, 0.05) is 19.4 Å². The van der Waals surface area contributed by atoms with Crippen LogP contribution in [0, 0.1) is 0 Å². The molecule has 0 amide bonds. The number of imidazole rings is 1. The molecule has 1 aromatic rings. The maximum Gasteiger partial charge on any atom is 0.228 e. The highest BCUT2D eigenvalue weighted by molar-refractivity contribution is 7.91. The second kappa shape index (κ2) is 2.87. The van der Waals surface area contributed by atoms with E-state index in [4.69, 9.17) is 5.73 Å². The molecule has 0 aromatic carbocycles. The highest BCUT2D eigenvalue weighted by Gasteiger charge is 2.23. The molecule has 0 aliphatic rings. The minimum Gasteiger partial charge on any atom is -0.325 e. The van der Waals surface area contributed by atoms with Crippen LogP contribution in [0.3, 0.4) is 0 Å². The molecule has 2 N–H and O–H groups in total. The summed E-state index contributed by atoms with van der Waals surface area (Å²) in [4.78, 5) is 3.70. The predicted molar refractivity (Wildman–Crippen MR) is 44.0 cm³/mol. The maximum absolute atomic E-state index is 11.4. The molecule has 68 valence electrons. The maximum atomic E-state index is 11.4. The van der Waals surface area contributed by atoms with Crippen LogP contribution in [-0.4, -0.2) is 23.3 Å². The van der Waals surface area contributed by atoms with Gasteiger partial charge >= 0.3 is 0 Å². The van der Waals surface area contributed by atoms with Crippen LogP contribution in [0.2, 0.25) is 0 Å². The topological polar surface area (TPSA) is 78.0 Å². The summed E-state index contributed by atoms with van der Waals surface area (Å²) in [5.74, 6) is 0. The molecule has 0 saturated heterocycles. The van der Waals surface area contributed by atoms with E-state index in [1.807, 2.05) is 0 Å². The molecular formula is C6H11N3O2S. The Morgan fingerprint density at radius 2 is 2.25 bits per heavy atom. The van der Waals surface area contributed by atoms with Crippen molar-refractivity contribution in [3.8, 4) is 0 Å². The molecule has 0 radical (unpaired) electrons. The molecule has 1 unspecified atom stereocenters. The van der Waals surface area contributed by atoms with Crippen molar-refractivity contribution < 1.29 is 8.42 Å². The second-order valence-electron chi connectivity index (χ2n) is 2.57. The van der Waals surface area contributed by atoms with Crippen LogP contribution in [0.4, 0.5) is 0 Å². The first kappa shape index (κ1) is 9.21. The second-order valence-corrected chi connectivity index (χ2v) is 4.77. The smallest absolute Gasteiger partial charge is 0.228 e. The Bertz CT molecular complexity index is 366. The fourth-order valence-corrected chi connectivity index (χ4v) is 1.79. The summed E-state index contributed by atoms with van der Waals surface area (Å²) >= 11 is 0. The number of aryl methyl sites for hydroxylation is 1. The minimum atomic E-state index is -3.43. The molecule has 0 saturated carbocycles. The largest absolute Gasteiger partial charge is 0.325 e. The number of nitrogens with two attached hydrogens (primary N) is 1. The molecule has 1 atom stereocenters. The Morgan fingerprint density at radius 1 is 1.67 bits per heavy atom. The lowest BCUT2D eigenvalue weighted by molar-refractivity contribution is 0.568. The lowest BCUT2D eigenvalue weighted by Crippen LogP contribution is -2.28. The van der Waals surface area contributed by atoms with Crippen LogP contribution >= 0.6 is 0 Å². The van der Waals surface area contributed by atoms with Crippen molar-refractivity contribution in [1.29, 1.82) is 0 Å². The molecule has 1 heterocycles. The zero-order chi connectivity index (χ0) is 9.35.